The molecule has 0 spiro atoms. The van der Waals surface area contributed by atoms with Gasteiger partial charge < -0.3 is 20.3 Å². The highest BCUT2D eigenvalue weighted by Crippen LogP contribution is 2.07. The molecule has 0 aromatic heterocycles. The number of halogens is 1. The monoisotopic (exact) mass is 352 g/mol. The first-order chi connectivity index (χ1) is 11.7. The minimum absolute atomic E-state index is 0.250. The molecule has 0 bridgehead atoms. The van der Waals surface area contributed by atoms with E-state index in [4.69, 9.17) is 4.74 Å². The Bertz CT molecular complexity index is 567. The Morgan fingerprint density at radius 2 is 1.88 bits per heavy atom. The lowest BCUT2D eigenvalue weighted by molar-refractivity contribution is 0.0529. The largest absolute Gasteiger partial charge is 0.444 e. The molecule has 0 aliphatic carbocycles. The van der Waals surface area contributed by atoms with Crippen molar-refractivity contribution in [3.8, 4) is 0 Å². The van der Waals surface area contributed by atoms with E-state index < -0.39 is 11.7 Å². The van der Waals surface area contributed by atoms with Crippen molar-refractivity contribution < 1.29 is 13.9 Å². The maximum atomic E-state index is 13.0. The van der Waals surface area contributed by atoms with Gasteiger partial charge in [0, 0.05) is 26.7 Å². The molecule has 0 atom stereocenters. The number of hydrogen-bond acceptors (Lipinski definition) is 3. The molecule has 1 aromatic carbocycles. The molecule has 0 saturated carbocycles. The summed E-state index contributed by atoms with van der Waals surface area (Å²) >= 11 is 0. The fourth-order valence-corrected chi connectivity index (χ4v) is 2.04. The molecule has 2 N–H and O–H groups in total. The molecule has 0 unspecified atom stereocenters. The summed E-state index contributed by atoms with van der Waals surface area (Å²) in [7, 11) is 1.91. The zero-order chi connectivity index (χ0) is 18.9. The molecule has 0 fully saturated rings. The third kappa shape index (κ3) is 8.93. The Kier molecular flexibility index (Phi) is 8.18. The summed E-state index contributed by atoms with van der Waals surface area (Å²) in [4.78, 5) is 18.0. The fourth-order valence-electron chi connectivity index (χ4n) is 2.04. The van der Waals surface area contributed by atoms with Crippen molar-refractivity contribution in [2.75, 3.05) is 26.7 Å². The van der Waals surface area contributed by atoms with E-state index in [-0.39, 0.29) is 5.82 Å². The van der Waals surface area contributed by atoms with Crippen LogP contribution in [0.4, 0.5) is 9.18 Å². The molecular formula is C18H29FN4O2. The molecule has 0 saturated heterocycles. The molecule has 1 rings (SSSR count). The van der Waals surface area contributed by atoms with Crippen LogP contribution in [0.5, 0.6) is 0 Å². The van der Waals surface area contributed by atoms with Crippen LogP contribution in [0, 0.1) is 5.82 Å². The number of aliphatic imine (C=N–C) groups is 1. The first-order valence-electron chi connectivity index (χ1n) is 8.42. The number of carbonyl (C=O) groups is 1. The topological polar surface area (TPSA) is 66.0 Å². The summed E-state index contributed by atoms with van der Waals surface area (Å²) in [5.74, 6) is 0.470. The first kappa shape index (κ1) is 20.7. The molecule has 1 aromatic rings. The Hall–Kier alpha value is -2.31. The van der Waals surface area contributed by atoms with E-state index in [2.05, 4.69) is 15.6 Å². The standard InChI is InChI=1S/C18H29FN4O2/c1-6-20-16(21-11-12-22-17(24)25-18(2,3)4)23(5)13-14-7-9-15(19)10-8-14/h7-10H,6,11-13H2,1-5H3,(H,20,21)(H,22,24). The van der Waals surface area contributed by atoms with Gasteiger partial charge in [-0.05, 0) is 45.4 Å². The molecular weight excluding hydrogens is 323 g/mol. The van der Waals surface area contributed by atoms with Crippen molar-refractivity contribution in [2.45, 2.75) is 39.8 Å². The van der Waals surface area contributed by atoms with Gasteiger partial charge in [0.1, 0.15) is 11.4 Å². The van der Waals surface area contributed by atoms with Gasteiger partial charge in [-0.25, -0.2) is 9.18 Å². The average molecular weight is 352 g/mol. The van der Waals surface area contributed by atoms with Gasteiger partial charge in [0.15, 0.2) is 5.96 Å². The third-order valence-corrected chi connectivity index (χ3v) is 3.07. The Balaban J connectivity index is 2.52. The van der Waals surface area contributed by atoms with Gasteiger partial charge in [0.2, 0.25) is 0 Å². The van der Waals surface area contributed by atoms with E-state index in [1.165, 1.54) is 12.1 Å². The number of hydrogen-bond donors (Lipinski definition) is 2. The number of nitrogens with one attached hydrogen (secondary N) is 2. The maximum Gasteiger partial charge on any atom is 0.407 e. The second kappa shape index (κ2) is 9.86. The number of nitrogens with zero attached hydrogens (tertiary/aromatic N) is 2. The minimum Gasteiger partial charge on any atom is -0.444 e. The quantitative estimate of drug-likeness (QED) is 0.469. The van der Waals surface area contributed by atoms with Crippen LogP contribution in [0.3, 0.4) is 0 Å². The minimum atomic E-state index is -0.516. The van der Waals surface area contributed by atoms with E-state index >= 15 is 0 Å². The van der Waals surface area contributed by atoms with E-state index in [0.29, 0.717) is 19.6 Å². The van der Waals surface area contributed by atoms with Gasteiger partial charge >= 0.3 is 6.09 Å². The molecule has 6 nitrogen and oxygen atoms in total. The highest BCUT2D eigenvalue weighted by Gasteiger charge is 2.15. The summed E-state index contributed by atoms with van der Waals surface area (Å²) in [6, 6.07) is 6.38. The lowest BCUT2D eigenvalue weighted by Crippen LogP contribution is -2.39. The second-order valence-corrected chi connectivity index (χ2v) is 6.65. The molecule has 140 valence electrons. The molecule has 0 aliphatic heterocycles. The smallest absolute Gasteiger partial charge is 0.407 e. The van der Waals surface area contributed by atoms with Gasteiger partial charge in [-0.15, -0.1) is 0 Å². The summed E-state index contributed by atoms with van der Waals surface area (Å²) in [6.07, 6.45) is -0.452. The van der Waals surface area contributed by atoms with E-state index in [0.717, 1.165) is 18.1 Å². The van der Waals surface area contributed by atoms with Crippen molar-refractivity contribution in [3.05, 3.63) is 35.6 Å². The van der Waals surface area contributed by atoms with Crippen LogP contribution >= 0.6 is 0 Å². The van der Waals surface area contributed by atoms with Gasteiger partial charge in [-0.3, -0.25) is 4.99 Å². The van der Waals surface area contributed by atoms with Crippen molar-refractivity contribution in [1.29, 1.82) is 0 Å². The van der Waals surface area contributed by atoms with Crippen molar-refractivity contribution >= 4 is 12.1 Å². The van der Waals surface area contributed by atoms with Crippen LogP contribution in [0.1, 0.15) is 33.3 Å². The number of alkyl carbamates (subject to hydrolysis) is 1. The van der Waals surface area contributed by atoms with E-state index in [1.807, 2.05) is 39.6 Å². The highest BCUT2D eigenvalue weighted by molar-refractivity contribution is 5.79. The Labute approximate surface area is 149 Å². The number of rotatable bonds is 6. The summed E-state index contributed by atoms with van der Waals surface area (Å²) in [5.41, 5.74) is 0.471. The molecule has 0 radical (unpaired) electrons. The number of benzene rings is 1. The maximum absolute atomic E-state index is 13.0. The van der Waals surface area contributed by atoms with Crippen LogP contribution < -0.4 is 10.6 Å². The SMILES string of the molecule is CCNC(=NCCNC(=O)OC(C)(C)C)N(C)Cc1ccc(F)cc1. The lowest BCUT2D eigenvalue weighted by Gasteiger charge is -2.22. The Morgan fingerprint density at radius 1 is 1.24 bits per heavy atom. The second-order valence-electron chi connectivity index (χ2n) is 6.65. The summed E-state index contributed by atoms with van der Waals surface area (Å²) in [6.45, 7) is 9.58. The van der Waals surface area contributed by atoms with Crippen molar-refractivity contribution in [2.24, 2.45) is 4.99 Å². The zero-order valence-electron chi connectivity index (χ0n) is 15.7. The predicted molar refractivity (Wildman–Crippen MR) is 98.1 cm³/mol. The van der Waals surface area contributed by atoms with E-state index in [9.17, 15) is 9.18 Å². The first-order valence-corrected chi connectivity index (χ1v) is 8.42. The van der Waals surface area contributed by atoms with Gasteiger partial charge in [-0.1, -0.05) is 12.1 Å². The Morgan fingerprint density at radius 3 is 2.44 bits per heavy atom. The van der Waals surface area contributed by atoms with Gasteiger partial charge in [-0.2, -0.15) is 0 Å². The zero-order valence-corrected chi connectivity index (χ0v) is 15.7. The van der Waals surface area contributed by atoms with Gasteiger partial charge in [0.05, 0.1) is 6.54 Å². The molecule has 0 heterocycles. The van der Waals surface area contributed by atoms with Crippen molar-refractivity contribution in [1.82, 2.24) is 15.5 Å². The summed E-state index contributed by atoms with van der Waals surface area (Å²) in [5, 5.41) is 5.87. The number of carbonyl (C=O) groups excluding carboxylic acids is 1. The summed E-state index contributed by atoms with van der Waals surface area (Å²) < 4.78 is 18.2. The number of ether oxygens (including phenoxy) is 1. The molecule has 7 heteroatoms. The van der Waals surface area contributed by atoms with Crippen LogP contribution in [-0.2, 0) is 11.3 Å². The number of amides is 1. The van der Waals surface area contributed by atoms with Gasteiger partial charge in [0.25, 0.3) is 0 Å². The van der Waals surface area contributed by atoms with Crippen molar-refractivity contribution in [3.63, 3.8) is 0 Å². The predicted octanol–water partition coefficient (Wildman–Crippen LogP) is 2.75. The fraction of sp³-hybridized carbons (Fsp3) is 0.556. The van der Waals surface area contributed by atoms with Crippen LogP contribution in [0.2, 0.25) is 0 Å². The average Bonchev–Trinajstić information content (AvgIpc) is 2.50. The third-order valence-electron chi connectivity index (χ3n) is 3.07. The van der Waals surface area contributed by atoms with Crippen LogP contribution in [0.25, 0.3) is 0 Å². The lowest BCUT2D eigenvalue weighted by atomic mass is 10.2. The van der Waals surface area contributed by atoms with E-state index in [1.54, 1.807) is 12.1 Å². The molecule has 0 aliphatic rings. The molecule has 25 heavy (non-hydrogen) atoms. The normalized spacial score (nSPS) is 11.8. The highest BCUT2D eigenvalue weighted by atomic mass is 19.1. The number of guanidine groups is 1. The van der Waals surface area contributed by atoms with Crippen LogP contribution in [-0.4, -0.2) is 49.2 Å². The van der Waals surface area contributed by atoms with Crippen LogP contribution in [0.15, 0.2) is 29.3 Å². The molecule has 1 amide bonds.